The quantitative estimate of drug-likeness (QED) is 0.717. The van der Waals surface area contributed by atoms with Crippen molar-refractivity contribution in [2.24, 2.45) is 0 Å². The Balaban J connectivity index is 3.21. The van der Waals surface area contributed by atoms with Crippen LogP contribution in [0.5, 0.6) is 0 Å². The molecule has 0 atom stereocenters. The summed E-state index contributed by atoms with van der Waals surface area (Å²) < 4.78 is 23.2. The fraction of sp³-hybridized carbons (Fsp3) is 0.273. The second-order valence-corrected chi connectivity index (χ2v) is 5.35. The molecule has 0 aliphatic carbocycles. The van der Waals surface area contributed by atoms with E-state index in [4.69, 9.17) is 0 Å². The SMILES string of the molecule is C=CCS(=O)(=O)c1ccc(C)c(C)c1. The van der Waals surface area contributed by atoms with Crippen molar-refractivity contribution in [1.82, 2.24) is 0 Å². The van der Waals surface area contributed by atoms with Gasteiger partial charge >= 0.3 is 0 Å². The number of hydrogen-bond donors (Lipinski definition) is 0. The van der Waals surface area contributed by atoms with E-state index in [0.717, 1.165) is 11.1 Å². The molecule has 0 fully saturated rings. The van der Waals surface area contributed by atoms with Gasteiger partial charge in [0.2, 0.25) is 0 Å². The second kappa shape index (κ2) is 3.96. The highest BCUT2D eigenvalue weighted by molar-refractivity contribution is 7.91. The molecule has 0 unspecified atom stereocenters. The van der Waals surface area contributed by atoms with Crippen LogP contribution in [0.1, 0.15) is 11.1 Å². The van der Waals surface area contributed by atoms with E-state index in [-0.39, 0.29) is 5.75 Å². The van der Waals surface area contributed by atoms with Crippen LogP contribution in [0.3, 0.4) is 0 Å². The molecular weight excluding hydrogens is 196 g/mol. The van der Waals surface area contributed by atoms with Crippen molar-refractivity contribution in [2.45, 2.75) is 18.7 Å². The van der Waals surface area contributed by atoms with Crippen LogP contribution in [0, 0.1) is 13.8 Å². The molecule has 76 valence electrons. The molecule has 3 heteroatoms. The third-order valence-electron chi connectivity index (χ3n) is 2.17. The Morgan fingerprint density at radius 1 is 1.29 bits per heavy atom. The normalized spacial score (nSPS) is 11.3. The molecule has 0 N–H and O–H groups in total. The van der Waals surface area contributed by atoms with Gasteiger partial charge in [-0.05, 0) is 37.1 Å². The summed E-state index contributed by atoms with van der Waals surface area (Å²) in [5.41, 5.74) is 2.10. The molecule has 0 heterocycles. The van der Waals surface area contributed by atoms with Crippen LogP contribution in [0.15, 0.2) is 35.7 Å². The van der Waals surface area contributed by atoms with Crippen LogP contribution in [0.25, 0.3) is 0 Å². The lowest BCUT2D eigenvalue weighted by atomic mass is 10.1. The predicted octanol–water partition coefficient (Wildman–Crippen LogP) is 2.26. The minimum atomic E-state index is -3.17. The van der Waals surface area contributed by atoms with Gasteiger partial charge in [-0.1, -0.05) is 12.1 Å². The van der Waals surface area contributed by atoms with Crippen molar-refractivity contribution in [1.29, 1.82) is 0 Å². The number of hydrogen-bond acceptors (Lipinski definition) is 2. The van der Waals surface area contributed by atoms with Gasteiger partial charge in [0.05, 0.1) is 10.6 Å². The van der Waals surface area contributed by atoms with Crippen LogP contribution in [-0.4, -0.2) is 14.2 Å². The Bertz CT molecular complexity index is 444. The van der Waals surface area contributed by atoms with Crippen molar-refractivity contribution in [3.05, 3.63) is 42.0 Å². The summed E-state index contributed by atoms with van der Waals surface area (Å²) in [7, 11) is -3.17. The largest absolute Gasteiger partial charge is 0.223 e. The second-order valence-electron chi connectivity index (χ2n) is 3.32. The van der Waals surface area contributed by atoms with E-state index in [9.17, 15) is 8.42 Å². The fourth-order valence-corrected chi connectivity index (χ4v) is 2.29. The minimum absolute atomic E-state index is 0.00446. The maximum absolute atomic E-state index is 11.6. The zero-order valence-electron chi connectivity index (χ0n) is 8.45. The van der Waals surface area contributed by atoms with Crippen LogP contribution in [0.2, 0.25) is 0 Å². The average Bonchev–Trinajstić information content (AvgIpc) is 2.09. The van der Waals surface area contributed by atoms with Crippen LogP contribution in [0.4, 0.5) is 0 Å². The Labute approximate surface area is 85.2 Å². The van der Waals surface area contributed by atoms with Gasteiger partial charge in [0.15, 0.2) is 9.84 Å². The maximum Gasteiger partial charge on any atom is 0.181 e. The Hall–Kier alpha value is -1.09. The smallest absolute Gasteiger partial charge is 0.181 e. The summed E-state index contributed by atoms with van der Waals surface area (Å²) in [6.45, 7) is 7.29. The third kappa shape index (κ3) is 2.23. The lowest BCUT2D eigenvalue weighted by molar-refractivity contribution is 0.599. The van der Waals surface area contributed by atoms with Crippen molar-refractivity contribution < 1.29 is 8.42 Å². The summed E-state index contributed by atoms with van der Waals surface area (Å²) >= 11 is 0. The average molecular weight is 210 g/mol. The molecule has 0 bridgehead atoms. The molecule has 14 heavy (non-hydrogen) atoms. The topological polar surface area (TPSA) is 34.1 Å². The molecule has 2 nitrogen and oxygen atoms in total. The summed E-state index contributed by atoms with van der Waals surface area (Å²) in [5, 5.41) is 0. The molecule has 0 aliphatic rings. The van der Waals surface area contributed by atoms with Gasteiger partial charge in [-0.25, -0.2) is 8.42 Å². The lowest BCUT2D eigenvalue weighted by Gasteiger charge is -2.04. The maximum atomic E-state index is 11.6. The molecule has 0 aromatic heterocycles. The van der Waals surface area contributed by atoms with E-state index < -0.39 is 9.84 Å². The van der Waals surface area contributed by atoms with Crippen LogP contribution < -0.4 is 0 Å². The standard InChI is InChI=1S/C11H14O2S/c1-4-7-14(12,13)11-6-5-9(2)10(3)8-11/h4-6,8H,1,7H2,2-3H3. The van der Waals surface area contributed by atoms with Gasteiger partial charge in [-0.3, -0.25) is 0 Å². The van der Waals surface area contributed by atoms with Gasteiger partial charge in [-0.2, -0.15) is 0 Å². The number of aryl methyl sites for hydroxylation is 2. The van der Waals surface area contributed by atoms with E-state index >= 15 is 0 Å². The minimum Gasteiger partial charge on any atom is -0.223 e. The summed E-state index contributed by atoms with van der Waals surface area (Å²) in [6.07, 6.45) is 1.41. The number of rotatable bonds is 3. The van der Waals surface area contributed by atoms with Gasteiger partial charge in [-0.15, -0.1) is 6.58 Å². The number of sulfone groups is 1. The zero-order valence-corrected chi connectivity index (χ0v) is 9.26. The Kier molecular flexibility index (Phi) is 3.11. The van der Waals surface area contributed by atoms with Crippen LogP contribution in [-0.2, 0) is 9.84 Å². The zero-order chi connectivity index (χ0) is 10.8. The van der Waals surface area contributed by atoms with Crippen molar-refractivity contribution in [2.75, 3.05) is 5.75 Å². The third-order valence-corrected chi connectivity index (χ3v) is 3.82. The summed E-state index contributed by atoms with van der Waals surface area (Å²) in [5.74, 6) is -0.00446. The predicted molar refractivity (Wildman–Crippen MR) is 58.2 cm³/mol. The monoisotopic (exact) mass is 210 g/mol. The molecule has 1 aromatic carbocycles. The van der Waals surface area contributed by atoms with Crippen molar-refractivity contribution in [3.63, 3.8) is 0 Å². The first-order valence-electron chi connectivity index (χ1n) is 4.38. The van der Waals surface area contributed by atoms with E-state index in [2.05, 4.69) is 6.58 Å². The first kappa shape index (κ1) is 11.0. The highest BCUT2D eigenvalue weighted by Crippen LogP contribution is 2.15. The van der Waals surface area contributed by atoms with Gasteiger partial charge in [0.1, 0.15) is 0 Å². The molecular formula is C11H14O2S. The first-order valence-corrected chi connectivity index (χ1v) is 6.03. The molecule has 1 rings (SSSR count). The molecule has 0 amide bonds. The highest BCUT2D eigenvalue weighted by Gasteiger charge is 2.12. The van der Waals surface area contributed by atoms with E-state index in [1.807, 2.05) is 19.9 Å². The first-order chi connectivity index (χ1) is 6.47. The fourth-order valence-electron chi connectivity index (χ4n) is 1.16. The molecule has 0 radical (unpaired) electrons. The van der Waals surface area contributed by atoms with E-state index in [1.54, 1.807) is 12.1 Å². The van der Waals surface area contributed by atoms with Gasteiger partial charge in [0.25, 0.3) is 0 Å². The Morgan fingerprint density at radius 2 is 1.93 bits per heavy atom. The molecule has 1 aromatic rings. The van der Waals surface area contributed by atoms with Gasteiger partial charge < -0.3 is 0 Å². The number of benzene rings is 1. The van der Waals surface area contributed by atoms with Crippen molar-refractivity contribution in [3.8, 4) is 0 Å². The molecule has 0 saturated heterocycles. The molecule has 0 spiro atoms. The summed E-state index contributed by atoms with van der Waals surface area (Å²) in [4.78, 5) is 0.375. The highest BCUT2D eigenvalue weighted by atomic mass is 32.2. The molecule has 0 aliphatic heterocycles. The van der Waals surface area contributed by atoms with Crippen molar-refractivity contribution >= 4 is 9.84 Å². The van der Waals surface area contributed by atoms with Crippen LogP contribution >= 0.6 is 0 Å². The molecule has 0 saturated carbocycles. The van der Waals surface area contributed by atoms with Gasteiger partial charge in [0, 0.05) is 0 Å². The van der Waals surface area contributed by atoms with E-state index in [0.29, 0.717) is 4.90 Å². The lowest BCUT2D eigenvalue weighted by Crippen LogP contribution is -2.04. The summed E-state index contributed by atoms with van der Waals surface area (Å²) in [6, 6.07) is 5.17. The van der Waals surface area contributed by atoms with E-state index in [1.165, 1.54) is 6.08 Å². The Morgan fingerprint density at radius 3 is 2.43 bits per heavy atom.